The van der Waals surface area contributed by atoms with Crippen LogP contribution in [0.15, 0.2) is 66.7 Å². The molecule has 0 atom stereocenters. The van der Waals surface area contributed by atoms with Crippen LogP contribution in [-0.4, -0.2) is 9.67 Å². The molecule has 2 nitrogen and oxygen atoms in total. The first-order valence-electron chi connectivity index (χ1n) is 14.7. The number of halogens is 1. The molecule has 1 N–H and O–H groups in total. The van der Waals surface area contributed by atoms with E-state index in [1.54, 1.807) is 0 Å². The maximum atomic E-state index is 12.2. The van der Waals surface area contributed by atoms with E-state index in [0.29, 0.717) is 5.02 Å². The van der Waals surface area contributed by atoms with Crippen LogP contribution in [0.2, 0.25) is 5.02 Å². The van der Waals surface area contributed by atoms with Gasteiger partial charge < -0.3 is 9.67 Å². The second-order valence-corrected chi connectivity index (χ2v) is 15.2. The Kier molecular flexibility index (Phi) is 7.10. The molecule has 0 saturated heterocycles. The molecule has 0 spiro atoms. The minimum atomic E-state index is -0.130. The Morgan fingerprint density at radius 1 is 0.707 bits per heavy atom. The summed E-state index contributed by atoms with van der Waals surface area (Å²) in [4.78, 5) is 0. The van der Waals surface area contributed by atoms with E-state index in [1.807, 2.05) is 12.1 Å². The van der Waals surface area contributed by atoms with Crippen molar-refractivity contribution in [3.8, 4) is 22.6 Å². The summed E-state index contributed by atoms with van der Waals surface area (Å²) in [5, 5.41) is 15.2. The summed E-state index contributed by atoms with van der Waals surface area (Å²) in [7, 11) is 0. The zero-order chi connectivity index (χ0) is 30.1. The minimum absolute atomic E-state index is 0.0333. The van der Waals surface area contributed by atoms with Gasteiger partial charge in [0.2, 0.25) is 0 Å². The molecule has 0 unspecified atom stereocenters. The second-order valence-electron chi connectivity index (χ2n) is 14.7. The first-order valence-corrected chi connectivity index (χ1v) is 15.0. The number of rotatable bonds is 4. The van der Waals surface area contributed by atoms with Crippen LogP contribution in [0.3, 0.4) is 0 Å². The number of aromatic nitrogens is 1. The highest BCUT2D eigenvalue weighted by molar-refractivity contribution is 6.31. The van der Waals surface area contributed by atoms with Gasteiger partial charge in [-0.25, -0.2) is 0 Å². The van der Waals surface area contributed by atoms with Gasteiger partial charge in [-0.3, -0.25) is 0 Å². The quantitative estimate of drug-likeness (QED) is 0.230. The largest absolute Gasteiger partial charge is 0.505 e. The number of phenolic OH excluding ortho intramolecular Hbond substituents is 1. The average molecular weight is 566 g/mol. The van der Waals surface area contributed by atoms with E-state index in [-0.39, 0.29) is 22.0 Å². The van der Waals surface area contributed by atoms with Crippen molar-refractivity contribution in [2.45, 2.75) is 86.5 Å². The summed E-state index contributed by atoms with van der Waals surface area (Å²) >= 11 is 6.60. The summed E-state index contributed by atoms with van der Waals surface area (Å²) in [5.74, 6) is 0.271. The third kappa shape index (κ3) is 5.40. The minimum Gasteiger partial charge on any atom is -0.505 e. The Bertz CT molecular complexity index is 1790. The van der Waals surface area contributed by atoms with Gasteiger partial charge in [0, 0.05) is 21.4 Å². The van der Waals surface area contributed by atoms with E-state index in [4.69, 9.17) is 11.6 Å². The number of benzene rings is 4. The Labute approximate surface area is 251 Å². The summed E-state index contributed by atoms with van der Waals surface area (Å²) in [5.41, 5.74) is 9.53. The number of hydrogen-bond donors (Lipinski definition) is 1. The van der Waals surface area contributed by atoms with Crippen LogP contribution in [0.4, 0.5) is 0 Å². The molecule has 0 saturated carbocycles. The molecule has 0 fully saturated rings. The number of aromatic hydroxyl groups is 1. The molecule has 0 aliphatic carbocycles. The normalized spacial score (nSPS) is 13.0. The number of phenols is 1. The fourth-order valence-corrected chi connectivity index (χ4v) is 6.88. The van der Waals surface area contributed by atoms with E-state index in [2.05, 4.69) is 128 Å². The monoisotopic (exact) mass is 565 g/mol. The van der Waals surface area contributed by atoms with E-state index in [9.17, 15) is 5.11 Å². The SMILES string of the molecule is Cc1cc(Cl)cc(-c2cc(C(C)(C)CC(C)(C)C)cc(-n3c4ccccc4c4cc(C(C)(C)C)ccc43)c2O)c1C. The van der Waals surface area contributed by atoms with Crippen LogP contribution < -0.4 is 0 Å². The fourth-order valence-electron chi connectivity index (χ4n) is 6.61. The molecule has 4 aromatic carbocycles. The van der Waals surface area contributed by atoms with Gasteiger partial charge in [-0.2, -0.15) is 0 Å². The molecule has 1 aromatic heterocycles. The molecular weight excluding hydrogens is 522 g/mol. The highest BCUT2D eigenvalue weighted by Crippen LogP contribution is 2.46. The number of aryl methyl sites for hydroxylation is 1. The molecule has 0 amide bonds. The van der Waals surface area contributed by atoms with Crippen LogP contribution in [0, 0.1) is 19.3 Å². The van der Waals surface area contributed by atoms with Gasteiger partial charge in [-0.15, -0.1) is 0 Å². The van der Waals surface area contributed by atoms with Gasteiger partial charge in [-0.1, -0.05) is 91.3 Å². The van der Waals surface area contributed by atoms with Gasteiger partial charge >= 0.3 is 0 Å². The van der Waals surface area contributed by atoms with Crippen molar-refractivity contribution in [1.82, 2.24) is 4.57 Å². The van der Waals surface area contributed by atoms with E-state index in [1.165, 1.54) is 21.9 Å². The topological polar surface area (TPSA) is 25.2 Å². The smallest absolute Gasteiger partial charge is 0.147 e. The first kappa shape index (κ1) is 29.3. The van der Waals surface area contributed by atoms with Crippen LogP contribution in [-0.2, 0) is 10.8 Å². The van der Waals surface area contributed by atoms with Crippen molar-refractivity contribution in [3.63, 3.8) is 0 Å². The summed E-state index contributed by atoms with van der Waals surface area (Å²) in [6, 6.07) is 23.7. The summed E-state index contributed by atoms with van der Waals surface area (Å²) in [6.07, 6.45) is 0.999. The molecular formula is C38H44ClNO. The van der Waals surface area contributed by atoms with Crippen molar-refractivity contribution in [1.29, 1.82) is 0 Å². The maximum Gasteiger partial charge on any atom is 0.147 e. The highest BCUT2D eigenvalue weighted by Gasteiger charge is 2.30. The summed E-state index contributed by atoms with van der Waals surface area (Å²) < 4.78 is 2.25. The lowest BCUT2D eigenvalue weighted by Gasteiger charge is -2.34. The molecule has 0 radical (unpaired) electrons. The van der Waals surface area contributed by atoms with Gasteiger partial charge in [0.15, 0.2) is 0 Å². The van der Waals surface area contributed by atoms with Crippen LogP contribution >= 0.6 is 11.6 Å². The molecule has 0 bridgehead atoms. The van der Waals surface area contributed by atoms with Crippen molar-refractivity contribution >= 4 is 33.4 Å². The van der Waals surface area contributed by atoms with Crippen LogP contribution in [0.25, 0.3) is 38.6 Å². The number of nitrogens with zero attached hydrogens (tertiary/aromatic N) is 1. The lowest BCUT2D eigenvalue weighted by Crippen LogP contribution is -2.25. The van der Waals surface area contributed by atoms with Crippen molar-refractivity contribution in [2.24, 2.45) is 5.41 Å². The van der Waals surface area contributed by atoms with Crippen molar-refractivity contribution in [2.75, 3.05) is 0 Å². The molecule has 41 heavy (non-hydrogen) atoms. The standard InChI is InChI=1S/C38H44ClNO/c1-23-17-27(39)21-29(24(23)2)31-19-26(38(9,10)22-36(3,4)5)20-34(35(31)41)40-32-14-12-11-13-28(32)30-18-25(37(6,7)8)15-16-33(30)40/h11-21,41H,22H2,1-10H3. The van der Waals surface area contributed by atoms with E-state index < -0.39 is 0 Å². The zero-order valence-electron chi connectivity index (χ0n) is 26.3. The number of hydrogen-bond acceptors (Lipinski definition) is 1. The summed E-state index contributed by atoms with van der Waals surface area (Å²) in [6.45, 7) is 22.5. The molecule has 1 heterocycles. The molecule has 5 aromatic rings. The zero-order valence-corrected chi connectivity index (χ0v) is 27.1. The molecule has 3 heteroatoms. The Balaban J connectivity index is 1.91. The first-order chi connectivity index (χ1) is 19.0. The van der Waals surface area contributed by atoms with Crippen molar-refractivity contribution in [3.05, 3.63) is 94.0 Å². The van der Waals surface area contributed by atoms with Gasteiger partial charge in [0.1, 0.15) is 5.75 Å². The molecule has 0 aliphatic rings. The fraction of sp³-hybridized carbons (Fsp3) is 0.368. The van der Waals surface area contributed by atoms with Crippen LogP contribution in [0.1, 0.15) is 84.1 Å². The van der Waals surface area contributed by atoms with E-state index in [0.717, 1.165) is 45.4 Å². The van der Waals surface area contributed by atoms with Gasteiger partial charge in [0.25, 0.3) is 0 Å². The van der Waals surface area contributed by atoms with Gasteiger partial charge in [-0.05, 0) is 107 Å². The lowest BCUT2D eigenvalue weighted by atomic mass is 9.71. The van der Waals surface area contributed by atoms with Crippen LogP contribution in [0.5, 0.6) is 5.75 Å². The maximum absolute atomic E-state index is 12.2. The molecule has 5 rings (SSSR count). The predicted molar refractivity (Wildman–Crippen MR) is 178 cm³/mol. The predicted octanol–water partition coefficient (Wildman–Crippen LogP) is 11.4. The third-order valence-corrected chi connectivity index (χ3v) is 8.76. The Morgan fingerprint density at radius 2 is 1.37 bits per heavy atom. The van der Waals surface area contributed by atoms with E-state index >= 15 is 0 Å². The molecule has 214 valence electrons. The molecule has 0 aliphatic heterocycles. The third-order valence-electron chi connectivity index (χ3n) is 8.55. The Hall–Kier alpha value is -3.23. The number of para-hydroxylation sites is 1. The Morgan fingerprint density at radius 3 is 2.02 bits per heavy atom. The highest BCUT2D eigenvalue weighted by atomic mass is 35.5. The average Bonchev–Trinajstić information content (AvgIpc) is 3.18. The number of fused-ring (bicyclic) bond motifs is 3. The second kappa shape index (κ2) is 9.95. The van der Waals surface area contributed by atoms with Crippen molar-refractivity contribution < 1.29 is 5.11 Å². The lowest BCUT2D eigenvalue weighted by molar-refractivity contribution is 0.284. The van der Waals surface area contributed by atoms with Gasteiger partial charge in [0.05, 0.1) is 16.7 Å².